The maximum atomic E-state index is 12.5. The van der Waals surface area contributed by atoms with E-state index in [9.17, 15) is 4.79 Å². The van der Waals surface area contributed by atoms with E-state index in [1.165, 1.54) is 6.21 Å². The molecular weight excluding hydrogens is 406 g/mol. The monoisotopic (exact) mass is 433 g/mol. The number of amides is 1. The molecule has 0 saturated heterocycles. The minimum absolute atomic E-state index is 0.270. The molecule has 0 unspecified atom stereocenters. The van der Waals surface area contributed by atoms with Crippen molar-refractivity contribution in [2.75, 3.05) is 20.8 Å². The van der Waals surface area contributed by atoms with E-state index in [0.29, 0.717) is 23.8 Å². The van der Waals surface area contributed by atoms with Gasteiger partial charge in [0.15, 0.2) is 0 Å². The van der Waals surface area contributed by atoms with E-state index in [1.807, 2.05) is 30.3 Å². The van der Waals surface area contributed by atoms with E-state index in [0.717, 1.165) is 29.7 Å². The van der Waals surface area contributed by atoms with Crippen LogP contribution in [0.25, 0.3) is 11.3 Å². The highest BCUT2D eigenvalue weighted by Crippen LogP contribution is 2.22. The van der Waals surface area contributed by atoms with E-state index in [2.05, 4.69) is 22.4 Å². The van der Waals surface area contributed by atoms with Gasteiger partial charge in [-0.05, 0) is 55.0 Å². The summed E-state index contributed by atoms with van der Waals surface area (Å²) in [4.78, 5) is 17.0. The van der Waals surface area contributed by atoms with Crippen LogP contribution in [-0.4, -0.2) is 37.9 Å². The third-order valence-corrected chi connectivity index (χ3v) is 4.65. The van der Waals surface area contributed by atoms with Crippen molar-refractivity contribution in [3.63, 3.8) is 0 Å². The minimum Gasteiger partial charge on any atom is -0.497 e. The Morgan fingerprint density at radius 3 is 2.38 bits per heavy atom. The third-order valence-electron chi connectivity index (χ3n) is 4.65. The predicted octanol–water partition coefficient (Wildman–Crippen LogP) is 4.71. The van der Waals surface area contributed by atoms with E-state index in [-0.39, 0.29) is 5.69 Å². The zero-order valence-corrected chi connectivity index (χ0v) is 18.5. The van der Waals surface area contributed by atoms with Gasteiger partial charge in [-0.3, -0.25) is 4.79 Å². The number of rotatable bonds is 10. The van der Waals surface area contributed by atoms with Gasteiger partial charge in [0.2, 0.25) is 0 Å². The van der Waals surface area contributed by atoms with Crippen molar-refractivity contribution in [2.45, 2.75) is 19.8 Å². The van der Waals surface area contributed by atoms with Gasteiger partial charge >= 0.3 is 0 Å². The van der Waals surface area contributed by atoms with Crippen LogP contribution in [0.5, 0.6) is 17.2 Å². The first-order valence-corrected chi connectivity index (χ1v) is 10.4. The lowest BCUT2D eigenvalue weighted by Gasteiger charge is -2.07. The summed E-state index contributed by atoms with van der Waals surface area (Å²) in [7, 11) is 3.15. The fourth-order valence-corrected chi connectivity index (χ4v) is 2.90. The van der Waals surface area contributed by atoms with E-state index < -0.39 is 5.91 Å². The number of unbranched alkanes of at least 4 members (excludes halogenated alkanes) is 1. The number of hydrogen-bond acceptors (Lipinski definition) is 6. The van der Waals surface area contributed by atoms with Crippen LogP contribution in [0.3, 0.4) is 0 Å². The zero-order chi connectivity index (χ0) is 22.8. The van der Waals surface area contributed by atoms with Crippen molar-refractivity contribution >= 4 is 12.1 Å². The Morgan fingerprint density at radius 1 is 1.00 bits per heavy atom. The highest BCUT2D eigenvalue weighted by atomic mass is 16.5. The van der Waals surface area contributed by atoms with Crippen molar-refractivity contribution < 1.29 is 19.0 Å². The molecule has 1 heterocycles. The topological polar surface area (TPSA) is 82.0 Å². The Hall–Kier alpha value is -3.87. The average molecular weight is 434 g/mol. The molecule has 3 rings (SSSR count). The van der Waals surface area contributed by atoms with E-state index in [1.54, 1.807) is 44.6 Å². The van der Waals surface area contributed by atoms with Gasteiger partial charge in [-0.1, -0.05) is 19.4 Å². The van der Waals surface area contributed by atoms with Gasteiger partial charge in [0.25, 0.3) is 5.91 Å². The average Bonchev–Trinajstić information content (AvgIpc) is 2.84. The van der Waals surface area contributed by atoms with Crippen molar-refractivity contribution in [3.8, 4) is 28.5 Å². The maximum absolute atomic E-state index is 12.5. The van der Waals surface area contributed by atoms with Crippen molar-refractivity contribution in [3.05, 3.63) is 71.9 Å². The lowest BCUT2D eigenvalue weighted by molar-refractivity contribution is 0.0950. The highest BCUT2D eigenvalue weighted by molar-refractivity contribution is 5.93. The van der Waals surface area contributed by atoms with Gasteiger partial charge in [0, 0.05) is 17.2 Å². The molecule has 0 bridgehead atoms. The quantitative estimate of drug-likeness (QED) is 0.284. The molecular formula is C25H27N3O4. The van der Waals surface area contributed by atoms with Gasteiger partial charge in [-0.15, -0.1) is 0 Å². The van der Waals surface area contributed by atoms with Crippen LogP contribution in [0, 0.1) is 0 Å². The molecule has 2 aromatic carbocycles. The summed E-state index contributed by atoms with van der Waals surface area (Å²) >= 11 is 0. The summed E-state index contributed by atoms with van der Waals surface area (Å²) in [6, 6.07) is 18.3. The van der Waals surface area contributed by atoms with Gasteiger partial charge in [-0.2, -0.15) is 5.10 Å². The van der Waals surface area contributed by atoms with Gasteiger partial charge < -0.3 is 14.2 Å². The number of nitrogens with zero attached hydrogens (tertiary/aromatic N) is 2. The lowest BCUT2D eigenvalue weighted by Crippen LogP contribution is -2.19. The number of ether oxygens (including phenoxy) is 3. The second kappa shape index (κ2) is 11.5. The van der Waals surface area contributed by atoms with Crippen molar-refractivity contribution in [1.29, 1.82) is 0 Å². The van der Waals surface area contributed by atoms with E-state index >= 15 is 0 Å². The molecule has 0 aliphatic heterocycles. The van der Waals surface area contributed by atoms with Crippen LogP contribution >= 0.6 is 0 Å². The summed E-state index contributed by atoms with van der Waals surface area (Å²) in [5, 5.41) is 4.03. The van der Waals surface area contributed by atoms with Crippen LogP contribution in [-0.2, 0) is 0 Å². The maximum Gasteiger partial charge on any atom is 0.289 e. The second-order valence-corrected chi connectivity index (χ2v) is 6.98. The number of pyridine rings is 1. The van der Waals surface area contributed by atoms with Gasteiger partial charge in [-0.25, -0.2) is 10.4 Å². The molecule has 0 aliphatic carbocycles. The number of methoxy groups -OCH3 is 2. The van der Waals surface area contributed by atoms with Crippen LogP contribution < -0.4 is 19.6 Å². The van der Waals surface area contributed by atoms with Crippen LogP contribution in [0.1, 0.15) is 35.8 Å². The number of hydrogen-bond donors (Lipinski definition) is 1. The normalized spacial score (nSPS) is 10.7. The Bertz CT molecular complexity index is 1040. The number of benzene rings is 2. The Labute approximate surface area is 188 Å². The van der Waals surface area contributed by atoms with Gasteiger partial charge in [0.05, 0.1) is 32.7 Å². The molecule has 0 radical (unpaired) electrons. The number of hydrazone groups is 1. The first-order chi connectivity index (χ1) is 15.6. The number of aromatic nitrogens is 1. The Kier molecular flexibility index (Phi) is 8.20. The first kappa shape index (κ1) is 22.8. The standard InChI is InChI=1S/C25H27N3O4/c1-4-5-13-32-20-11-9-19(10-12-20)23-7-6-8-24(27-23)25(29)28-26-17-18-14-21(30-2)16-22(15-18)31-3/h6-12,14-17H,4-5,13H2,1-3H3,(H,28,29). The first-order valence-electron chi connectivity index (χ1n) is 10.4. The molecule has 0 aliphatic rings. The molecule has 3 aromatic rings. The molecule has 0 spiro atoms. The smallest absolute Gasteiger partial charge is 0.289 e. The summed E-state index contributed by atoms with van der Waals surface area (Å²) in [5.41, 5.74) is 5.09. The third kappa shape index (κ3) is 6.31. The van der Waals surface area contributed by atoms with Crippen LogP contribution in [0.2, 0.25) is 0 Å². The zero-order valence-electron chi connectivity index (χ0n) is 18.5. The fraction of sp³-hybridized carbons (Fsp3) is 0.240. The molecule has 7 heteroatoms. The van der Waals surface area contributed by atoms with Crippen LogP contribution in [0.4, 0.5) is 0 Å². The molecule has 32 heavy (non-hydrogen) atoms. The molecule has 1 N–H and O–H groups in total. The Morgan fingerprint density at radius 2 is 1.72 bits per heavy atom. The molecule has 166 valence electrons. The van der Waals surface area contributed by atoms with Crippen molar-refractivity contribution in [2.24, 2.45) is 5.10 Å². The fourth-order valence-electron chi connectivity index (χ4n) is 2.90. The summed E-state index contributed by atoms with van der Waals surface area (Å²) < 4.78 is 16.2. The van der Waals surface area contributed by atoms with Gasteiger partial charge in [0.1, 0.15) is 22.9 Å². The largest absolute Gasteiger partial charge is 0.497 e. The predicted molar refractivity (Wildman–Crippen MR) is 125 cm³/mol. The summed E-state index contributed by atoms with van der Waals surface area (Å²) in [6.07, 6.45) is 3.63. The molecule has 0 atom stereocenters. The van der Waals surface area contributed by atoms with E-state index in [4.69, 9.17) is 14.2 Å². The SMILES string of the molecule is CCCCOc1ccc(-c2cccc(C(=O)NN=Cc3cc(OC)cc(OC)c3)n2)cc1. The molecule has 1 amide bonds. The number of carbonyl (C=O) groups excluding carboxylic acids is 1. The highest BCUT2D eigenvalue weighted by Gasteiger charge is 2.09. The molecule has 7 nitrogen and oxygen atoms in total. The molecule has 0 saturated carbocycles. The van der Waals surface area contributed by atoms with Crippen LogP contribution in [0.15, 0.2) is 65.8 Å². The number of nitrogens with one attached hydrogen (secondary N) is 1. The summed E-state index contributed by atoms with van der Waals surface area (Å²) in [6.45, 7) is 2.83. The van der Waals surface area contributed by atoms with Crippen molar-refractivity contribution in [1.82, 2.24) is 10.4 Å². The lowest BCUT2D eigenvalue weighted by atomic mass is 10.1. The Balaban J connectivity index is 1.66. The molecule has 1 aromatic heterocycles. The number of carbonyl (C=O) groups is 1. The molecule has 0 fully saturated rings. The summed E-state index contributed by atoms with van der Waals surface area (Å²) in [5.74, 6) is 1.68. The second-order valence-electron chi connectivity index (χ2n) is 6.98. The minimum atomic E-state index is -0.405.